The van der Waals surface area contributed by atoms with Gasteiger partial charge in [0.05, 0.1) is 18.8 Å². The van der Waals surface area contributed by atoms with Crippen molar-refractivity contribution in [1.82, 2.24) is 24.0 Å². The van der Waals surface area contributed by atoms with Crippen LogP contribution in [0.5, 0.6) is 0 Å². The normalized spacial score (nSPS) is 20.3. The molecule has 1 atom stereocenters. The summed E-state index contributed by atoms with van der Waals surface area (Å²) in [4.78, 5) is 21.5. The summed E-state index contributed by atoms with van der Waals surface area (Å²) in [7, 11) is 3.97. The van der Waals surface area contributed by atoms with E-state index in [-0.39, 0.29) is 5.56 Å². The van der Waals surface area contributed by atoms with Gasteiger partial charge in [-0.15, -0.1) is 0 Å². The standard InChI is InChI=1S/C18H26N6OS/c1-22(2)18-19-16(21-26-18)12-23-9-5-7-14(23)11-24-17(25)10-13-6-3-4-8-15(13)20-24/h10,14H,3-9,11-12H2,1-2H3. The van der Waals surface area contributed by atoms with Gasteiger partial charge in [0.25, 0.3) is 5.56 Å². The van der Waals surface area contributed by atoms with Crippen molar-refractivity contribution in [3.05, 3.63) is 33.5 Å². The van der Waals surface area contributed by atoms with Crippen LogP contribution in [0.25, 0.3) is 0 Å². The van der Waals surface area contributed by atoms with Gasteiger partial charge >= 0.3 is 0 Å². The predicted octanol–water partition coefficient (Wildman–Crippen LogP) is 1.70. The van der Waals surface area contributed by atoms with Gasteiger partial charge in [-0.25, -0.2) is 9.67 Å². The number of aromatic nitrogens is 4. The van der Waals surface area contributed by atoms with E-state index < -0.39 is 0 Å². The smallest absolute Gasteiger partial charge is 0.267 e. The summed E-state index contributed by atoms with van der Waals surface area (Å²) < 4.78 is 6.17. The van der Waals surface area contributed by atoms with Crippen molar-refractivity contribution in [3.8, 4) is 0 Å². The van der Waals surface area contributed by atoms with Gasteiger partial charge in [0.2, 0.25) is 5.13 Å². The Hall–Kier alpha value is -1.80. The lowest BCUT2D eigenvalue weighted by Gasteiger charge is -2.24. The molecule has 1 aliphatic heterocycles. The lowest BCUT2D eigenvalue weighted by atomic mass is 9.97. The van der Waals surface area contributed by atoms with Crippen molar-refractivity contribution in [2.75, 3.05) is 25.5 Å². The molecule has 140 valence electrons. The second-order valence-electron chi connectivity index (χ2n) is 7.50. The van der Waals surface area contributed by atoms with Crippen LogP contribution in [0, 0.1) is 0 Å². The third kappa shape index (κ3) is 3.66. The first-order valence-electron chi connectivity index (χ1n) is 9.44. The van der Waals surface area contributed by atoms with Crippen LogP contribution in [-0.4, -0.2) is 50.7 Å². The Labute approximate surface area is 157 Å². The number of likely N-dealkylation sites (tertiary alicyclic amines) is 1. The highest BCUT2D eigenvalue weighted by Crippen LogP contribution is 2.23. The fourth-order valence-corrected chi connectivity index (χ4v) is 4.51. The molecule has 0 radical (unpaired) electrons. The molecule has 3 heterocycles. The molecule has 1 fully saturated rings. The molecule has 4 rings (SSSR count). The van der Waals surface area contributed by atoms with E-state index in [9.17, 15) is 4.79 Å². The molecule has 0 N–H and O–H groups in total. The molecule has 2 aromatic heterocycles. The van der Waals surface area contributed by atoms with E-state index in [1.807, 2.05) is 25.1 Å². The first kappa shape index (κ1) is 17.6. The number of hydrogen-bond donors (Lipinski definition) is 0. The zero-order chi connectivity index (χ0) is 18.1. The summed E-state index contributed by atoms with van der Waals surface area (Å²) in [5.74, 6) is 0.872. The molecule has 0 aromatic carbocycles. The number of aryl methyl sites for hydroxylation is 2. The van der Waals surface area contributed by atoms with Crippen molar-refractivity contribution in [2.24, 2.45) is 0 Å². The average Bonchev–Trinajstić information content (AvgIpc) is 3.26. The van der Waals surface area contributed by atoms with Gasteiger partial charge < -0.3 is 4.90 Å². The Bertz CT molecular complexity index is 829. The summed E-state index contributed by atoms with van der Waals surface area (Å²) >= 11 is 1.43. The highest BCUT2D eigenvalue weighted by molar-refractivity contribution is 7.09. The monoisotopic (exact) mass is 374 g/mol. The second-order valence-corrected chi connectivity index (χ2v) is 8.23. The van der Waals surface area contributed by atoms with E-state index in [2.05, 4.69) is 19.4 Å². The third-order valence-electron chi connectivity index (χ3n) is 5.34. The molecule has 26 heavy (non-hydrogen) atoms. The van der Waals surface area contributed by atoms with Crippen LogP contribution in [0.2, 0.25) is 0 Å². The Morgan fingerprint density at radius 3 is 2.92 bits per heavy atom. The molecular weight excluding hydrogens is 348 g/mol. The van der Waals surface area contributed by atoms with Crippen molar-refractivity contribution in [2.45, 2.75) is 57.7 Å². The highest BCUT2D eigenvalue weighted by Gasteiger charge is 2.27. The van der Waals surface area contributed by atoms with Crippen LogP contribution in [0.15, 0.2) is 10.9 Å². The zero-order valence-corrected chi connectivity index (χ0v) is 16.3. The first-order chi connectivity index (χ1) is 12.6. The summed E-state index contributed by atoms with van der Waals surface area (Å²) in [6, 6.07) is 2.14. The summed E-state index contributed by atoms with van der Waals surface area (Å²) in [6.45, 7) is 2.44. The van der Waals surface area contributed by atoms with Crippen molar-refractivity contribution < 1.29 is 0 Å². The first-order valence-corrected chi connectivity index (χ1v) is 10.2. The average molecular weight is 375 g/mol. The molecule has 2 aliphatic rings. The Morgan fingerprint density at radius 1 is 1.27 bits per heavy atom. The summed E-state index contributed by atoms with van der Waals surface area (Å²) in [5, 5.41) is 5.62. The highest BCUT2D eigenvalue weighted by atomic mass is 32.1. The van der Waals surface area contributed by atoms with E-state index in [1.54, 1.807) is 4.68 Å². The maximum Gasteiger partial charge on any atom is 0.267 e. The zero-order valence-electron chi connectivity index (χ0n) is 15.5. The maximum atomic E-state index is 12.5. The van der Waals surface area contributed by atoms with Crippen molar-refractivity contribution in [3.63, 3.8) is 0 Å². The molecule has 1 unspecified atom stereocenters. The lowest BCUT2D eigenvalue weighted by molar-refractivity contribution is 0.212. The van der Waals surface area contributed by atoms with Gasteiger partial charge in [-0.3, -0.25) is 9.69 Å². The third-order valence-corrected chi connectivity index (χ3v) is 6.26. The van der Waals surface area contributed by atoms with Crippen LogP contribution < -0.4 is 10.5 Å². The number of anilines is 1. The fraction of sp³-hybridized carbons (Fsp3) is 0.667. The van der Waals surface area contributed by atoms with Crippen LogP contribution in [0.4, 0.5) is 5.13 Å². The van der Waals surface area contributed by atoms with E-state index >= 15 is 0 Å². The molecule has 0 bridgehead atoms. The van der Waals surface area contributed by atoms with Crippen molar-refractivity contribution in [1.29, 1.82) is 0 Å². The number of hydrogen-bond acceptors (Lipinski definition) is 7. The van der Waals surface area contributed by atoms with Crippen molar-refractivity contribution >= 4 is 16.7 Å². The maximum absolute atomic E-state index is 12.5. The molecule has 8 heteroatoms. The molecular formula is C18H26N6OS. The minimum absolute atomic E-state index is 0.0409. The van der Waals surface area contributed by atoms with Crippen LogP contribution >= 0.6 is 11.5 Å². The van der Waals surface area contributed by atoms with E-state index in [1.165, 1.54) is 24.4 Å². The Balaban J connectivity index is 1.47. The van der Waals surface area contributed by atoms with Gasteiger partial charge in [0.1, 0.15) is 0 Å². The van der Waals surface area contributed by atoms with Gasteiger partial charge in [-0.05, 0) is 50.6 Å². The molecule has 2 aromatic rings. The summed E-state index contributed by atoms with van der Waals surface area (Å²) in [5.41, 5.74) is 2.32. The second kappa shape index (κ2) is 7.44. The number of fused-ring (bicyclic) bond motifs is 1. The molecule has 1 aliphatic carbocycles. The predicted molar refractivity (Wildman–Crippen MR) is 103 cm³/mol. The Kier molecular flexibility index (Phi) is 5.04. The quantitative estimate of drug-likeness (QED) is 0.794. The SMILES string of the molecule is CN(C)c1nc(CN2CCCC2Cn2nc3c(cc2=O)CCCC3)ns1. The fourth-order valence-electron chi connectivity index (χ4n) is 3.91. The number of rotatable bonds is 5. The minimum Gasteiger partial charge on any atom is -0.353 e. The lowest BCUT2D eigenvalue weighted by Crippen LogP contribution is -2.37. The molecule has 0 amide bonds. The van der Waals surface area contributed by atoms with E-state index in [0.717, 1.165) is 61.0 Å². The van der Waals surface area contributed by atoms with Crippen LogP contribution in [0.1, 0.15) is 42.8 Å². The van der Waals surface area contributed by atoms with Gasteiger partial charge in [0, 0.05) is 37.7 Å². The largest absolute Gasteiger partial charge is 0.353 e. The molecule has 1 saturated heterocycles. The minimum atomic E-state index is 0.0409. The van der Waals surface area contributed by atoms with E-state index in [4.69, 9.17) is 0 Å². The molecule has 7 nitrogen and oxygen atoms in total. The van der Waals surface area contributed by atoms with Gasteiger partial charge in [-0.2, -0.15) is 9.47 Å². The van der Waals surface area contributed by atoms with Crippen LogP contribution in [-0.2, 0) is 25.9 Å². The van der Waals surface area contributed by atoms with Gasteiger partial charge in [-0.1, -0.05) is 0 Å². The van der Waals surface area contributed by atoms with E-state index in [0.29, 0.717) is 12.6 Å². The molecule has 0 spiro atoms. The van der Waals surface area contributed by atoms with Gasteiger partial charge in [0.15, 0.2) is 5.82 Å². The Morgan fingerprint density at radius 2 is 2.12 bits per heavy atom. The summed E-state index contributed by atoms with van der Waals surface area (Å²) in [6.07, 6.45) is 6.59. The molecule has 0 saturated carbocycles. The topological polar surface area (TPSA) is 67.2 Å². The van der Waals surface area contributed by atoms with Crippen LogP contribution in [0.3, 0.4) is 0 Å². The number of nitrogens with zero attached hydrogens (tertiary/aromatic N) is 6.